The first-order valence-corrected chi connectivity index (χ1v) is 8.24. The van der Waals surface area contributed by atoms with Crippen LogP contribution in [0.2, 0.25) is 0 Å². The lowest BCUT2D eigenvalue weighted by Crippen LogP contribution is -2.44. The Balaban J connectivity index is 2.53. The molecule has 1 aliphatic heterocycles. The molecule has 5 nitrogen and oxygen atoms in total. The Morgan fingerprint density at radius 1 is 1.38 bits per heavy atom. The first-order valence-electron chi connectivity index (χ1n) is 8.24. The van der Waals surface area contributed by atoms with Gasteiger partial charge >= 0.3 is 6.09 Å². The monoisotopic (exact) mass is 299 g/mol. The smallest absolute Gasteiger partial charge is 0.410 e. The van der Waals surface area contributed by atoms with Gasteiger partial charge in [0.1, 0.15) is 5.60 Å². The van der Waals surface area contributed by atoms with Gasteiger partial charge in [-0.2, -0.15) is 0 Å². The number of rotatable bonds is 6. The zero-order valence-electron chi connectivity index (χ0n) is 14.3. The minimum Gasteiger partial charge on any atom is -0.444 e. The summed E-state index contributed by atoms with van der Waals surface area (Å²) < 4.78 is 5.44. The van der Waals surface area contributed by atoms with Gasteiger partial charge in [0.2, 0.25) is 0 Å². The van der Waals surface area contributed by atoms with E-state index >= 15 is 0 Å². The number of nitrogens with one attached hydrogen (secondary N) is 1. The first kappa shape index (κ1) is 18.2. The maximum Gasteiger partial charge on any atom is 0.410 e. The van der Waals surface area contributed by atoms with E-state index in [-0.39, 0.29) is 12.1 Å². The van der Waals surface area contributed by atoms with E-state index in [4.69, 9.17) is 10.6 Å². The Bertz CT molecular complexity index is 324. The van der Waals surface area contributed by atoms with Crippen molar-refractivity contribution in [3.8, 4) is 0 Å². The highest BCUT2D eigenvalue weighted by molar-refractivity contribution is 5.68. The molecule has 1 amide bonds. The Morgan fingerprint density at radius 2 is 2.00 bits per heavy atom. The van der Waals surface area contributed by atoms with E-state index in [1.165, 1.54) is 12.8 Å². The van der Waals surface area contributed by atoms with Crippen molar-refractivity contribution >= 4 is 6.09 Å². The second-order valence-electron chi connectivity index (χ2n) is 7.17. The van der Waals surface area contributed by atoms with Crippen LogP contribution in [0, 0.1) is 11.8 Å². The standard InChI is InChI=1S/C16H33N3O2/c1-6-12(7-2)10-14(18-17)13-8-9-19(11-13)15(20)21-16(3,4)5/h12-14,18H,6-11,17H2,1-5H3. The molecule has 0 radical (unpaired) electrons. The quantitative estimate of drug-likeness (QED) is 0.584. The molecule has 124 valence electrons. The maximum atomic E-state index is 12.1. The van der Waals surface area contributed by atoms with Crippen molar-refractivity contribution in [1.82, 2.24) is 10.3 Å². The molecule has 1 heterocycles. The van der Waals surface area contributed by atoms with E-state index in [1.807, 2.05) is 25.7 Å². The number of hydrogen-bond donors (Lipinski definition) is 2. The molecular weight excluding hydrogens is 266 g/mol. The van der Waals surface area contributed by atoms with Crippen molar-refractivity contribution in [3.05, 3.63) is 0 Å². The predicted octanol–water partition coefficient (Wildman–Crippen LogP) is 2.90. The second-order valence-corrected chi connectivity index (χ2v) is 7.17. The third kappa shape index (κ3) is 5.83. The fraction of sp³-hybridized carbons (Fsp3) is 0.938. The number of nitrogens with two attached hydrogens (primary N) is 1. The predicted molar refractivity (Wildman–Crippen MR) is 85.7 cm³/mol. The van der Waals surface area contributed by atoms with Gasteiger partial charge in [0, 0.05) is 19.1 Å². The van der Waals surface area contributed by atoms with Gasteiger partial charge in [0.05, 0.1) is 0 Å². The summed E-state index contributed by atoms with van der Waals surface area (Å²) in [7, 11) is 0. The third-order valence-electron chi connectivity index (χ3n) is 4.40. The molecule has 1 saturated heterocycles. The van der Waals surface area contributed by atoms with E-state index in [2.05, 4.69) is 19.3 Å². The lowest BCUT2D eigenvalue weighted by atomic mass is 9.88. The summed E-state index contributed by atoms with van der Waals surface area (Å²) in [5.41, 5.74) is 2.54. The van der Waals surface area contributed by atoms with Crippen molar-refractivity contribution in [2.24, 2.45) is 17.7 Å². The van der Waals surface area contributed by atoms with Crippen molar-refractivity contribution in [2.45, 2.75) is 71.9 Å². The van der Waals surface area contributed by atoms with Crippen LogP contribution in [0.3, 0.4) is 0 Å². The van der Waals surface area contributed by atoms with Crippen LogP contribution in [0.15, 0.2) is 0 Å². The van der Waals surface area contributed by atoms with Crippen molar-refractivity contribution in [1.29, 1.82) is 0 Å². The molecule has 3 N–H and O–H groups in total. The Kier molecular flexibility index (Phi) is 6.94. The molecule has 5 heteroatoms. The molecule has 1 fully saturated rings. The van der Waals surface area contributed by atoms with Gasteiger partial charge < -0.3 is 9.64 Å². The topological polar surface area (TPSA) is 67.6 Å². The highest BCUT2D eigenvalue weighted by atomic mass is 16.6. The summed E-state index contributed by atoms with van der Waals surface area (Å²) in [6.07, 6.45) is 4.22. The molecule has 21 heavy (non-hydrogen) atoms. The first-order chi connectivity index (χ1) is 9.80. The van der Waals surface area contributed by atoms with E-state index < -0.39 is 5.60 Å². The van der Waals surface area contributed by atoms with E-state index in [0.717, 1.165) is 25.9 Å². The van der Waals surface area contributed by atoms with E-state index in [0.29, 0.717) is 11.8 Å². The van der Waals surface area contributed by atoms with Crippen LogP contribution in [-0.2, 0) is 4.74 Å². The molecular formula is C16H33N3O2. The summed E-state index contributed by atoms with van der Waals surface area (Å²) >= 11 is 0. The molecule has 2 unspecified atom stereocenters. The number of carbonyl (C=O) groups excluding carboxylic acids is 1. The number of carbonyl (C=O) groups is 1. The molecule has 2 atom stereocenters. The normalized spacial score (nSPS) is 20.9. The Labute approximate surface area is 129 Å². The summed E-state index contributed by atoms with van der Waals surface area (Å²) in [4.78, 5) is 13.9. The number of amides is 1. The van der Waals surface area contributed by atoms with Crippen LogP contribution in [0.25, 0.3) is 0 Å². The lowest BCUT2D eigenvalue weighted by molar-refractivity contribution is 0.0284. The number of likely N-dealkylation sites (tertiary alicyclic amines) is 1. The average Bonchev–Trinajstić information content (AvgIpc) is 2.88. The van der Waals surface area contributed by atoms with Gasteiger partial charge in [0.15, 0.2) is 0 Å². The van der Waals surface area contributed by atoms with E-state index in [1.54, 1.807) is 0 Å². The molecule has 1 aliphatic rings. The van der Waals surface area contributed by atoms with Gasteiger partial charge in [-0.3, -0.25) is 11.3 Å². The van der Waals surface area contributed by atoms with Crippen LogP contribution < -0.4 is 11.3 Å². The summed E-state index contributed by atoms with van der Waals surface area (Å²) in [5.74, 6) is 6.86. The van der Waals surface area contributed by atoms with Crippen LogP contribution in [-0.4, -0.2) is 35.7 Å². The second kappa shape index (κ2) is 7.99. The van der Waals surface area contributed by atoms with Crippen LogP contribution >= 0.6 is 0 Å². The molecule has 1 rings (SSSR count). The van der Waals surface area contributed by atoms with Crippen LogP contribution in [0.1, 0.15) is 60.3 Å². The van der Waals surface area contributed by atoms with Crippen LogP contribution in [0.4, 0.5) is 4.79 Å². The lowest BCUT2D eigenvalue weighted by Gasteiger charge is -2.27. The highest BCUT2D eigenvalue weighted by Crippen LogP contribution is 2.26. The van der Waals surface area contributed by atoms with Crippen molar-refractivity contribution in [2.75, 3.05) is 13.1 Å². The minimum absolute atomic E-state index is 0.205. The molecule has 0 bridgehead atoms. The minimum atomic E-state index is -0.434. The number of hydrazine groups is 1. The number of nitrogens with zero attached hydrogens (tertiary/aromatic N) is 1. The third-order valence-corrected chi connectivity index (χ3v) is 4.40. The molecule has 0 aliphatic carbocycles. The maximum absolute atomic E-state index is 12.1. The summed E-state index contributed by atoms with van der Waals surface area (Å²) in [5, 5.41) is 0. The molecule has 0 saturated carbocycles. The molecule has 0 aromatic rings. The van der Waals surface area contributed by atoms with Gasteiger partial charge in [-0.25, -0.2) is 4.79 Å². The van der Waals surface area contributed by atoms with Crippen molar-refractivity contribution in [3.63, 3.8) is 0 Å². The van der Waals surface area contributed by atoms with Gasteiger partial charge in [0.25, 0.3) is 0 Å². The summed E-state index contributed by atoms with van der Waals surface area (Å²) in [6, 6.07) is 0.280. The fourth-order valence-electron chi connectivity index (χ4n) is 2.99. The fourth-order valence-corrected chi connectivity index (χ4v) is 2.99. The van der Waals surface area contributed by atoms with Crippen LogP contribution in [0.5, 0.6) is 0 Å². The van der Waals surface area contributed by atoms with E-state index in [9.17, 15) is 4.79 Å². The van der Waals surface area contributed by atoms with Gasteiger partial charge in [-0.05, 0) is 45.4 Å². The zero-order valence-corrected chi connectivity index (χ0v) is 14.3. The molecule has 0 aromatic heterocycles. The number of hydrogen-bond acceptors (Lipinski definition) is 4. The highest BCUT2D eigenvalue weighted by Gasteiger charge is 2.34. The Hall–Kier alpha value is -0.810. The molecule has 0 aromatic carbocycles. The SMILES string of the molecule is CCC(CC)CC(NN)C1CCN(C(=O)OC(C)(C)C)C1. The zero-order chi connectivity index (χ0) is 16.0. The largest absolute Gasteiger partial charge is 0.444 e. The molecule has 0 spiro atoms. The number of ether oxygens (including phenoxy) is 1. The summed E-state index contributed by atoms with van der Waals surface area (Å²) in [6.45, 7) is 11.7. The average molecular weight is 299 g/mol. The van der Waals surface area contributed by atoms with Gasteiger partial charge in [-0.1, -0.05) is 26.7 Å². The van der Waals surface area contributed by atoms with Gasteiger partial charge in [-0.15, -0.1) is 0 Å². The van der Waals surface area contributed by atoms with Crippen molar-refractivity contribution < 1.29 is 9.53 Å². The Morgan fingerprint density at radius 3 is 2.48 bits per heavy atom.